The van der Waals surface area contributed by atoms with E-state index in [1.54, 1.807) is 12.1 Å². The fraction of sp³-hybridized carbons (Fsp3) is 0.167. The molecular formula is C6H4Br2FN. The van der Waals surface area contributed by atoms with Gasteiger partial charge in [0, 0.05) is 10.9 Å². The first-order chi connectivity index (χ1) is 4.74. The van der Waals surface area contributed by atoms with Gasteiger partial charge in [-0.1, -0.05) is 22.0 Å². The lowest BCUT2D eigenvalue weighted by Gasteiger charge is -1.95. The molecule has 1 heterocycles. The van der Waals surface area contributed by atoms with Gasteiger partial charge in [-0.15, -0.1) is 0 Å². The summed E-state index contributed by atoms with van der Waals surface area (Å²) in [5.74, 6) is -0.425. The van der Waals surface area contributed by atoms with E-state index in [4.69, 9.17) is 0 Å². The highest BCUT2D eigenvalue weighted by Gasteiger charge is 2.00. The van der Waals surface area contributed by atoms with Gasteiger partial charge in [-0.05, 0) is 22.0 Å². The second-order valence-electron chi connectivity index (χ2n) is 1.72. The molecule has 0 unspecified atom stereocenters. The van der Waals surface area contributed by atoms with Crippen molar-refractivity contribution in [1.29, 1.82) is 0 Å². The topological polar surface area (TPSA) is 12.9 Å². The van der Waals surface area contributed by atoms with Crippen molar-refractivity contribution < 1.29 is 4.39 Å². The minimum Gasteiger partial charge on any atom is -0.212 e. The van der Waals surface area contributed by atoms with Crippen molar-refractivity contribution in [3.05, 3.63) is 28.2 Å². The first kappa shape index (κ1) is 8.14. The third kappa shape index (κ3) is 1.76. The first-order valence-corrected chi connectivity index (χ1v) is 4.52. The first-order valence-electron chi connectivity index (χ1n) is 2.61. The van der Waals surface area contributed by atoms with Crippen LogP contribution in [0, 0.1) is 5.95 Å². The molecule has 0 bridgehead atoms. The fourth-order valence-corrected chi connectivity index (χ4v) is 1.25. The van der Waals surface area contributed by atoms with Crippen LogP contribution >= 0.6 is 31.9 Å². The molecule has 0 fully saturated rings. The van der Waals surface area contributed by atoms with Gasteiger partial charge in [0.05, 0.1) is 0 Å². The number of nitrogens with zero attached hydrogens (tertiary/aromatic N) is 1. The largest absolute Gasteiger partial charge is 0.217 e. The highest BCUT2D eigenvalue weighted by atomic mass is 79.9. The van der Waals surface area contributed by atoms with Gasteiger partial charge in [0.25, 0.3) is 0 Å². The molecule has 0 spiro atoms. The van der Waals surface area contributed by atoms with Crippen LogP contribution in [0.1, 0.15) is 5.56 Å². The third-order valence-corrected chi connectivity index (χ3v) is 2.08. The van der Waals surface area contributed by atoms with Crippen molar-refractivity contribution in [2.24, 2.45) is 0 Å². The van der Waals surface area contributed by atoms with Gasteiger partial charge in [-0.2, -0.15) is 4.39 Å². The van der Waals surface area contributed by atoms with Crippen LogP contribution in [0.15, 0.2) is 16.7 Å². The minimum atomic E-state index is -0.425. The molecule has 0 saturated heterocycles. The lowest BCUT2D eigenvalue weighted by molar-refractivity contribution is 0.571. The summed E-state index contributed by atoms with van der Waals surface area (Å²) in [6, 6.07) is 3.39. The minimum absolute atomic E-state index is 0.425. The quantitative estimate of drug-likeness (QED) is 0.564. The Morgan fingerprint density at radius 3 is 2.70 bits per heavy atom. The number of halogens is 3. The average molecular weight is 269 g/mol. The fourth-order valence-electron chi connectivity index (χ4n) is 0.541. The van der Waals surface area contributed by atoms with E-state index in [-0.39, 0.29) is 0 Å². The standard InChI is InChI=1S/C6H4Br2FN/c7-3-4-1-2-5(8)10-6(4)9/h1-2H,3H2. The number of aromatic nitrogens is 1. The molecule has 1 aromatic rings. The van der Waals surface area contributed by atoms with Crippen LogP contribution in [0.4, 0.5) is 4.39 Å². The Morgan fingerprint density at radius 2 is 2.20 bits per heavy atom. The zero-order valence-corrected chi connectivity index (χ0v) is 8.11. The van der Waals surface area contributed by atoms with Crippen molar-refractivity contribution in [3.8, 4) is 0 Å². The molecule has 0 aliphatic carbocycles. The normalized spacial score (nSPS) is 9.90. The molecule has 0 aliphatic heterocycles. The van der Waals surface area contributed by atoms with Gasteiger partial charge in [0.1, 0.15) is 4.60 Å². The number of pyridine rings is 1. The Labute approximate surface area is 74.9 Å². The van der Waals surface area contributed by atoms with Gasteiger partial charge in [0.2, 0.25) is 5.95 Å². The maximum Gasteiger partial charge on any atom is 0.217 e. The van der Waals surface area contributed by atoms with Crippen molar-refractivity contribution in [2.75, 3.05) is 0 Å². The summed E-state index contributed by atoms with van der Waals surface area (Å²) >= 11 is 6.20. The van der Waals surface area contributed by atoms with E-state index < -0.39 is 5.95 Å². The number of alkyl halides is 1. The molecule has 0 aliphatic rings. The molecule has 0 radical (unpaired) electrons. The molecule has 1 rings (SSSR count). The van der Waals surface area contributed by atoms with E-state index in [1.165, 1.54) is 0 Å². The van der Waals surface area contributed by atoms with Gasteiger partial charge >= 0.3 is 0 Å². The Kier molecular flexibility index (Phi) is 2.80. The molecule has 1 nitrogen and oxygen atoms in total. The monoisotopic (exact) mass is 267 g/mol. The maximum atomic E-state index is 12.7. The van der Waals surface area contributed by atoms with E-state index in [9.17, 15) is 4.39 Å². The van der Waals surface area contributed by atoms with Gasteiger partial charge in [-0.3, -0.25) is 0 Å². The summed E-state index contributed by atoms with van der Waals surface area (Å²) in [7, 11) is 0. The average Bonchev–Trinajstić information content (AvgIpc) is 1.88. The Bertz CT molecular complexity index is 239. The van der Waals surface area contributed by atoms with E-state index in [1.807, 2.05) is 0 Å². The van der Waals surface area contributed by atoms with Crippen LogP contribution < -0.4 is 0 Å². The van der Waals surface area contributed by atoms with E-state index in [2.05, 4.69) is 36.8 Å². The SMILES string of the molecule is Fc1nc(Br)ccc1CBr. The third-order valence-electron chi connectivity index (χ3n) is 1.04. The lowest BCUT2D eigenvalue weighted by Crippen LogP contribution is -1.89. The molecule has 10 heavy (non-hydrogen) atoms. The van der Waals surface area contributed by atoms with Crippen LogP contribution in [0.2, 0.25) is 0 Å². The molecule has 0 saturated carbocycles. The number of hydrogen-bond acceptors (Lipinski definition) is 1. The molecule has 4 heteroatoms. The van der Waals surface area contributed by atoms with Crippen molar-refractivity contribution >= 4 is 31.9 Å². The smallest absolute Gasteiger partial charge is 0.212 e. The van der Waals surface area contributed by atoms with Crippen LogP contribution in [-0.4, -0.2) is 4.98 Å². The summed E-state index contributed by atoms with van der Waals surface area (Å²) in [4.78, 5) is 3.56. The van der Waals surface area contributed by atoms with Crippen molar-refractivity contribution in [2.45, 2.75) is 5.33 Å². The van der Waals surface area contributed by atoms with Gasteiger partial charge in [-0.25, -0.2) is 4.98 Å². The van der Waals surface area contributed by atoms with E-state index in [0.29, 0.717) is 15.5 Å². The summed E-state index contributed by atoms with van der Waals surface area (Å²) in [5, 5.41) is 0.499. The van der Waals surface area contributed by atoms with Gasteiger partial charge < -0.3 is 0 Å². The molecular weight excluding hydrogens is 265 g/mol. The second-order valence-corrected chi connectivity index (χ2v) is 3.09. The molecule has 0 atom stereocenters. The molecule has 54 valence electrons. The highest BCUT2D eigenvalue weighted by molar-refractivity contribution is 9.10. The van der Waals surface area contributed by atoms with Crippen molar-refractivity contribution in [3.63, 3.8) is 0 Å². The van der Waals surface area contributed by atoms with E-state index >= 15 is 0 Å². The predicted octanol–water partition coefficient (Wildman–Crippen LogP) is 2.88. The summed E-state index contributed by atoms with van der Waals surface area (Å²) in [6.45, 7) is 0. The van der Waals surface area contributed by atoms with Gasteiger partial charge in [0.15, 0.2) is 0 Å². The molecule has 0 aromatic carbocycles. The molecule has 0 amide bonds. The van der Waals surface area contributed by atoms with Crippen LogP contribution in [0.3, 0.4) is 0 Å². The Hall–Kier alpha value is 0.0400. The van der Waals surface area contributed by atoms with Crippen LogP contribution in [0.5, 0.6) is 0 Å². The zero-order chi connectivity index (χ0) is 7.56. The highest BCUT2D eigenvalue weighted by Crippen LogP contribution is 2.12. The number of hydrogen-bond donors (Lipinski definition) is 0. The Balaban J connectivity index is 3.07. The maximum absolute atomic E-state index is 12.7. The van der Waals surface area contributed by atoms with Crippen molar-refractivity contribution in [1.82, 2.24) is 4.98 Å². The zero-order valence-electron chi connectivity index (χ0n) is 4.94. The Morgan fingerprint density at radius 1 is 1.50 bits per heavy atom. The van der Waals surface area contributed by atoms with Crippen LogP contribution in [0.25, 0.3) is 0 Å². The van der Waals surface area contributed by atoms with E-state index in [0.717, 1.165) is 0 Å². The lowest BCUT2D eigenvalue weighted by atomic mass is 10.3. The van der Waals surface area contributed by atoms with Crippen LogP contribution in [-0.2, 0) is 5.33 Å². The number of rotatable bonds is 1. The predicted molar refractivity (Wildman–Crippen MR) is 44.5 cm³/mol. The second kappa shape index (κ2) is 3.44. The summed E-state index contributed by atoms with van der Waals surface area (Å²) in [5.41, 5.74) is 0.572. The summed E-state index contributed by atoms with van der Waals surface area (Å²) < 4.78 is 13.2. The molecule has 1 aromatic heterocycles. The molecule has 0 N–H and O–H groups in total. The summed E-state index contributed by atoms with van der Waals surface area (Å²) in [6.07, 6.45) is 0.